The maximum Gasteiger partial charge on any atom is 0.251 e. The molecule has 0 spiro atoms. The first kappa shape index (κ1) is 12.7. The Morgan fingerprint density at radius 2 is 2.44 bits per heavy atom. The number of carbonyl (C=O) groups excluding carboxylic acids is 1. The van der Waals surface area contributed by atoms with Crippen molar-refractivity contribution in [3.8, 4) is 0 Å². The van der Waals surface area contributed by atoms with Crippen molar-refractivity contribution in [2.24, 2.45) is 5.84 Å². The summed E-state index contributed by atoms with van der Waals surface area (Å²) < 4.78 is 4.99. The largest absolute Gasteiger partial charge is 0.472 e. The molecule has 0 saturated heterocycles. The van der Waals surface area contributed by atoms with Crippen LogP contribution in [0.3, 0.4) is 0 Å². The molecule has 0 saturated carbocycles. The van der Waals surface area contributed by atoms with E-state index in [0.29, 0.717) is 6.54 Å². The third kappa shape index (κ3) is 3.36. The molecule has 0 aliphatic carbocycles. The fourth-order valence-corrected chi connectivity index (χ4v) is 1.70. The fourth-order valence-electron chi connectivity index (χ4n) is 1.70. The Hall–Kier alpha value is -1.33. The number of rotatable bonds is 6. The van der Waals surface area contributed by atoms with E-state index < -0.39 is 0 Å². The van der Waals surface area contributed by atoms with Crippen LogP contribution in [0.4, 0.5) is 0 Å². The number of nitrogens with zero attached hydrogens (tertiary/aromatic N) is 1. The highest BCUT2D eigenvalue weighted by molar-refractivity contribution is 5.81. The molecule has 1 aromatic rings. The maximum atomic E-state index is 11.6. The molecule has 5 nitrogen and oxygen atoms in total. The van der Waals surface area contributed by atoms with Crippen molar-refractivity contribution in [3.63, 3.8) is 0 Å². The van der Waals surface area contributed by atoms with Crippen LogP contribution in [-0.4, -0.2) is 23.9 Å². The Labute approximate surface area is 95.6 Å². The van der Waals surface area contributed by atoms with Crippen LogP contribution in [0.15, 0.2) is 23.0 Å². The normalized spacial score (nSPS) is 12.8. The van der Waals surface area contributed by atoms with Gasteiger partial charge in [0, 0.05) is 12.1 Å². The lowest BCUT2D eigenvalue weighted by atomic mass is 10.1. The second-order valence-electron chi connectivity index (χ2n) is 3.86. The average Bonchev–Trinajstić information content (AvgIpc) is 2.77. The minimum Gasteiger partial charge on any atom is -0.472 e. The second kappa shape index (κ2) is 6.30. The number of hydrogen-bond acceptors (Lipinski definition) is 4. The Kier molecular flexibility index (Phi) is 5.01. The van der Waals surface area contributed by atoms with Crippen LogP contribution < -0.4 is 11.3 Å². The molecule has 0 aliphatic rings. The van der Waals surface area contributed by atoms with E-state index >= 15 is 0 Å². The molecule has 0 fully saturated rings. The van der Waals surface area contributed by atoms with Crippen LogP contribution in [0.2, 0.25) is 0 Å². The van der Waals surface area contributed by atoms with Gasteiger partial charge in [-0.25, -0.2) is 5.84 Å². The van der Waals surface area contributed by atoms with Crippen LogP contribution in [-0.2, 0) is 11.3 Å². The fraction of sp³-hybridized carbons (Fsp3) is 0.545. The first-order valence-electron chi connectivity index (χ1n) is 5.40. The number of amides is 1. The smallest absolute Gasteiger partial charge is 0.251 e. The third-order valence-electron chi connectivity index (χ3n) is 2.55. The summed E-state index contributed by atoms with van der Waals surface area (Å²) in [6.07, 6.45) is 5.03. The van der Waals surface area contributed by atoms with Crippen LogP contribution in [0, 0.1) is 0 Å². The first-order valence-corrected chi connectivity index (χ1v) is 5.40. The number of carbonyl (C=O) groups is 1. The summed E-state index contributed by atoms with van der Waals surface area (Å²) in [6, 6.07) is 1.70. The molecule has 1 amide bonds. The van der Waals surface area contributed by atoms with Crippen molar-refractivity contribution in [1.82, 2.24) is 10.3 Å². The summed E-state index contributed by atoms with van der Waals surface area (Å²) in [5.74, 6) is 5.02. The van der Waals surface area contributed by atoms with Crippen molar-refractivity contribution in [3.05, 3.63) is 24.2 Å². The molecular weight excluding hydrogens is 206 g/mol. The summed E-state index contributed by atoms with van der Waals surface area (Å²) >= 11 is 0. The van der Waals surface area contributed by atoms with E-state index in [1.165, 1.54) is 0 Å². The van der Waals surface area contributed by atoms with Gasteiger partial charge in [0.2, 0.25) is 0 Å². The van der Waals surface area contributed by atoms with Crippen molar-refractivity contribution < 1.29 is 9.21 Å². The zero-order valence-corrected chi connectivity index (χ0v) is 9.77. The number of likely N-dealkylation sites (N-methyl/N-ethyl adjacent to an activating group) is 1. The summed E-state index contributed by atoms with van der Waals surface area (Å²) in [4.78, 5) is 13.5. The predicted molar refractivity (Wildman–Crippen MR) is 61.2 cm³/mol. The molecular formula is C11H19N3O2. The summed E-state index contributed by atoms with van der Waals surface area (Å²) in [5.41, 5.74) is 3.26. The van der Waals surface area contributed by atoms with Crippen molar-refractivity contribution in [2.75, 3.05) is 7.05 Å². The van der Waals surface area contributed by atoms with Gasteiger partial charge in [0.25, 0.3) is 5.91 Å². The predicted octanol–water partition coefficient (Wildman–Crippen LogP) is 0.870. The maximum absolute atomic E-state index is 11.6. The van der Waals surface area contributed by atoms with Gasteiger partial charge in [-0.15, -0.1) is 0 Å². The van der Waals surface area contributed by atoms with Gasteiger partial charge >= 0.3 is 0 Å². The van der Waals surface area contributed by atoms with Crippen LogP contribution >= 0.6 is 0 Å². The number of hydrazine groups is 1. The van der Waals surface area contributed by atoms with Gasteiger partial charge in [0.05, 0.1) is 18.6 Å². The van der Waals surface area contributed by atoms with E-state index in [1.54, 1.807) is 12.5 Å². The molecule has 90 valence electrons. The Morgan fingerprint density at radius 3 is 2.94 bits per heavy atom. The van der Waals surface area contributed by atoms with Gasteiger partial charge in [-0.05, 0) is 19.5 Å². The molecule has 1 rings (SSSR count). The van der Waals surface area contributed by atoms with E-state index in [1.807, 2.05) is 24.9 Å². The molecule has 0 aliphatic heterocycles. The highest BCUT2D eigenvalue weighted by Gasteiger charge is 2.21. The van der Waals surface area contributed by atoms with E-state index in [2.05, 4.69) is 5.43 Å². The number of nitrogens with two attached hydrogens (primary N) is 1. The van der Waals surface area contributed by atoms with E-state index in [-0.39, 0.29) is 11.9 Å². The molecule has 1 unspecified atom stereocenters. The second-order valence-corrected chi connectivity index (χ2v) is 3.86. The van der Waals surface area contributed by atoms with Crippen molar-refractivity contribution >= 4 is 5.91 Å². The monoisotopic (exact) mass is 225 g/mol. The summed E-state index contributed by atoms with van der Waals surface area (Å²) in [7, 11) is 1.91. The SMILES string of the molecule is CCCC(C(=O)NN)N(C)Cc1ccoc1. The summed E-state index contributed by atoms with van der Waals surface area (Å²) in [5, 5.41) is 0. The lowest BCUT2D eigenvalue weighted by Gasteiger charge is -2.25. The molecule has 0 bridgehead atoms. The number of furan rings is 1. The lowest BCUT2D eigenvalue weighted by molar-refractivity contribution is -0.126. The van der Waals surface area contributed by atoms with E-state index in [9.17, 15) is 4.79 Å². The van der Waals surface area contributed by atoms with E-state index in [0.717, 1.165) is 18.4 Å². The Balaban J connectivity index is 2.59. The van der Waals surface area contributed by atoms with Crippen LogP contribution in [0.1, 0.15) is 25.3 Å². The van der Waals surface area contributed by atoms with Gasteiger partial charge in [-0.1, -0.05) is 13.3 Å². The highest BCUT2D eigenvalue weighted by atomic mass is 16.3. The van der Waals surface area contributed by atoms with Gasteiger partial charge in [0.15, 0.2) is 0 Å². The van der Waals surface area contributed by atoms with Crippen molar-refractivity contribution in [1.29, 1.82) is 0 Å². The first-order chi connectivity index (χ1) is 7.69. The molecule has 1 heterocycles. The van der Waals surface area contributed by atoms with Crippen molar-refractivity contribution in [2.45, 2.75) is 32.4 Å². The minimum atomic E-state index is -0.190. The summed E-state index contributed by atoms with van der Waals surface area (Å²) in [6.45, 7) is 2.72. The Bertz CT molecular complexity index is 311. The zero-order valence-electron chi connectivity index (χ0n) is 9.77. The molecule has 16 heavy (non-hydrogen) atoms. The van der Waals surface area contributed by atoms with Crippen LogP contribution in [0.5, 0.6) is 0 Å². The molecule has 1 atom stereocenters. The molecule has 5 heteroatoms. The van der Waals surface area contributed by atoms with Crippen LogP contribution in [0.25, 0.3) is 0 Å². The molecule has 3 N–H and O–H groups in total. The van der Waals surface area contributed by atoms with Gasteiger partial charge in [-0.2, -0.15) is 0 Å². The standard InChI is InChI=1S/C11H19N3O2/c1-3-4-10(11(15)13-12)14(2)7-9-5-6-16-8-9/h5-6,8,10H,3-4,7,12H2,1-2H3,(H,13,15). The lowest BCUT2D eigenvalue weighted by Crippen LogP contribution is -2.47. The number of nitrogens with one attached hydrogen (secondary N) is 1. The molecule has 0 radical (unpaired) electrons. The zero-order chi connectivity index (χ0) is 12.0. The highest BCUT2D eigenvalue weighted by Crippen LogP contribution is 2.10. The van der Waals surface area contributed by atoms with Gasteiger partial charge in [-0.3, -0.25) is 15.1 Å². The Morgan fingerprint density at radius 1 is 1.69 bits per heavy atom. The third-order valence-corrected chi connectivity index (χ3v) is 2.55. The topological polar surface area (TPSA) is 71.5 Å². The van der Waals surface area contributed by atoms with Gasteiger partial charge in [0.1, 0.15) is 0 Å². The molecule has 0 aromatic carbocycles. The van der Waals surface area contributed by atoms with Gasteiger partial charge < -0.3 is 4.42 Å². The van der Waals surface area contributed by atoms with E-state index in [4.69, 9.17) is 10.3 Å². The number of hydrogen-bond donors (Lipinski definition) is 2. The quantitative estimate of drug-likeness (QED) is 0.428. The minimum absolute atomic E-state index is 0.146. The average molecular weight is 225 g/mol. The molecule has 1 aromatic heterocycles.